The fourth-order valence-corrected chi connectivity index (χ4v) is 3.65. The van der Waals surface area contributed by atoms with Crippen LogP contribution < -0.4 is 10.0 Å². The SMILES string of the molecule is Cc1cccc(CS(=O)(=O)NCCNc2ccc(-n3cccc3)nn2)c1. The number of rotatable bonds is 8. The van der Waals surface area contributed by atoms with E-state index in [9.17, 15) is 8.42 Å². The number of sulfonamides is 1. The number of nitrogens with one attached hydrogen (secondary N) is 2. The highest BCUT2D eigenvalue weighted by Gasteiger charge is 2.10. The molecule has 2 aromatic heterocycles. The van der Waals surface area contributed by atoms with Gasteiger partial charge in [0.2, 0.25) is 10.0 Å². The first-order valence-corrected chi connectivity index (χ1v) is 9.91. The van der Waals surface area contributed by atoms with E-state index in [0.29, 0.717) is 12.4 Å². The number of hydrogen-bond acceptors (Lipinski definition) is 5. The minimum atomic E-state index is -3.37. The van der Waals surface area contributed by atoms with E-state index in [1.807, 2.05) is 72.4 Å². The van der Waals surface area contributed by atoms with Crippen molar-refractivity contribution >= 4 is 15.8 Å². The quantitative estimate of drug-likeness (QED) is 0.592. The van der Waals surface area contributed by atoms with Crippen LogP contribution in [0.5, 0.6) is 0 Å². The predicted octanol–water partition coefficient (Wildman–Crippen LogP) is 2.11. The van der Waals surface area contributed by atoms with Crippen LogP contribution in [0.2, 0.25) is 0 Å². The third-order valence-corrected chi connectivity index (χ3v) is 5.07. The molecule has 0 saturated heterocycles. The van der Waals surface area contributed by atoms with Crippen molar-refractivity contribution < 1.29 is 8.42 Å². The Balaban J connectivity index is 1.46. The molecule has 7 nitrogen and oxygen atoms in total. The highest BCUT2D eigenvalue weighted by Crippen LogP contribution is 2.08. The molecule has 8 heteroatoms. The normalized spacial score (nSPS) is 11.4. The summed E-state index contributed by atoms with van der Waals surface area (Å²) in [4.78, 5) is 0. The van der Waals surface area contributed by atoms with Crippen molar-refractivity contribution in [1.29, 1.82) is 0 Å². The van der Waals surface area contributed by atoms with Gasteiger partial charge in [0, 0.05) is 25.5 Å². The summed E-state index contributed by atoms with van der Waals surface area (Å²) in [5, 5.41) is 11.3. The zero-order valence-electron chi connectivity index (χ0n) is 14.5. The fourth-order valence-electron chi connectivity index (χ4n) is 2.51. The average molecular weight is 371 g/mol. The van der Waals surface area contributed by atoms with Gasteiger partial charge in [-0.2, -0.15) is 0 Å². The van der Waals surface area contributed by atoms with E-state index in [0.717, 1.165) is 16.9 Å². The van der Waals surface area contributed by atoms with Crippen molar-refractivity contribution in [1.82, 2.24) is 19.5 Å². The second-order valence-electron chi connectivity index (χ2n) is 5.94. The molecule has 0 aliphatic heterocycles. The van der Waals surface area contributed by atoms with Crippen molar-refractivity contribution in [2.75, 3.05) is 18.4 Å². The monoisotopic (exact) mass is 371 g/mol. The Labute approximate surface area is 153 Å². The minimum Gasteiger partial charge on any atom is -0.367 e. The van der Waals surface area contributed by atoms with Crippen molar-refractivity contribution in [2.45, 2.75) is 12.7 Å². The maximum atomic E-state index is 12.1. The Morgan fingerprint density at radius 2 is 1.81 bits per heavy atom. The zero-order valence-corrected chi connectivity index (χ0v) is 15.3. The highest BCUT2D eigenvalue weighted by atomic mass is 32.2. The van der Waals surface area contributed by atoms with Gasteiger partial charge in [-0.25, -0.2) is 13.1 Å². The Morgan fingerprint density at radius 3 is 2.50 bits per heavy atom. The number of anilines is 1. The largest absolute Gasteiger partial charge is 0.367 e. The molecule has 1 aromatic carbocycles. The lowest BCUT2D eigenvalue weighted by atomic mass is 10.2. The van der Waals surface area contributed by atoms with Gasteiger partial charge >= 0.3 is 0 Å². The summed E-state index contributed by atoms with van der Waals surface area (Å²) in [6.07, 6.45) is 3.78. The molecule has 0 atom stereocenters. The standard InChI is InChI=1S/C18H21N5O2S/c1-15-5-4-6-16(13-15)14-26(24,25)20-10-9-19-17-7-8-18(22-21-17)23-11-2-3-12-23/h2-8,11-13,20H,9-10,14H2,1H3,(H,19,21). The summed E-state index contributed by atoms with van der Waals surface area (Å²) in [7, 11) is -3.37. The van der Waals surface area contributed by atoms with E-state index < -0.39 is 10.0 Å². The van der Waals surface area contributed by atoms with Crippen LogP contribution in [-0.2, 0) is 15.8 Å². The summed E-state index contributed by atoms with van der Waals surface area (Å²) in [6, 6.07) is 15.0. The van der Waals surface area contributed by atoms with Crippen LogP contribution in [0, 0.1) is 6.92 Å². The summed E-state index contributed by atoms with van der Waals surface area (Å²) in [5.74, 6) is 1.29. The number of hydrogen-bond donors (Lipinski definition) is 2. The number of aryl methyl sites for hydroxylation is 1. The predicted molar refractivity (Wildman–Crippen MR) is 102 cm³/mol. The van der Waals surface area contributed by atoms with Crippen LogP contribution in [-0.4, -0.2) is 36.3 Å². The Hall–Kier alpha value is -2.71. The number of nitrogens with zero attached hydrogens (tertiary/aromatic N) is 3. The van der Waals surface area contributed by atoms with E-state index in [1.54, 1.807) is 0 Å². The lowest BCUT2D eigenvalue weighted by Gasteiger charge is -2.09. The molecule has 136 valence electrons. The topological polar surface area (TPSA) is 88.9 Å². The molecule has 0 radical (unpaired) electrons. The summed E-state index contributed by atoms with van der Waals surface area (Å²) >= 11 is 0. The molecule has 0 saturated carbocycles. The molecule has 0 fully saturated rings. The van der Waals surface area contributed by atoms with Crippen LogP contribution >= 0.6 is 0 Å². The number of aromatic nitrogens is 3. The third kappa shape index (κ3) is 5.14. The van der Waals surface area contributed by atoms with E-state index in [1.165, 1.54) is 0 Å². The van der Waals surface area contributed by atoms with Crippen molar-refractivity contribution in [3.8, 4) is 5.82 Å². The molecule has 2 N–H and O–H groups in total. The summed E-state index contributed by atoms with van der Waals surface area (Å²) < 4.78 is 28.7. The van der Waals surface area contributed by atoms with Crippen LogP contribution in [0.4, 0.5) is 5.82 Å². The van der Waals surface area contributed by atoms with Gasteiger partial charge in [-0.3, -0.25) is 0 Å². The zero-order chi connectivity index (χ0) is 18.4. The molecule has 3 rings (SSSR count). The second-order valence-corrected chi connectivity index (χ2v) is 7.74. The smallest absolute Gasteiger partial charge is 0.215 e. The number of benzene rings is 1. The Morgan fingerprint density at radius 1 is 1.00 bits per heavy atom. The van der Waals surface area contributed by atoms with Crippen molar-refractivity contribution in [3.63, 3.8) is 0 Å². The van der Waals surface area contributed by atoms with E-state index in [2.05, 4.69) is 20.2 Å². The van der Waals surface area contributed by atoms with Gasteiger partial charge in [0.25, 0.3) is 0 Å². The maximum absolute atomic E-state index is 12.1. The lowest BCUT2D eigenvalue weighted by molar-refractivity contribution is 0.582. The van der Waals surface area contributed by atoms with Crippen LogP contribution in [0.15, 0.2) is 60.9 Å². The lowest BCUT2D eigenvalue weighted by Crippen LogP contribution is -2.30. The third-order valence-electron chi connectivity index (χ3n) is 3.71. The molecule has 3 aromatic rings. The van der Waals surface area contributed by atoms with Crippen molar-refractivity contribution in [3.05, 3.63) is 72.1 Å². The summed E-state index contributed by atoms with van der Waals surface area (Å²) in [5.41, 5.74) is 1.82. The molecule has 0 unspecified atom stereocenters. The Bertz CT molecular complexity index is 938. The molecule has 0 aliphatic carbocycles. The molecule has 26 heavy (non-hydrogen) atoms. The molecule has 0 spiro atoms. The molecule has 0 bridgehead atoms. The van der Waals surface area contributed by atoms with Gasteiger partial charge in [-0.15, -0.1) is 10.2 Å². The van der Waals surface area contributed by atoms with Crippen LogP contribution in [0.3, 0.4) is 0 Å². The van der Waals surface area contributed by atoms with Gasteiger partial charge in [0.1, 0.15) is 5.82 Å². The highest BCUT2D eigenvalue weighted by molar-refractivity contribution is 7.88. The van der Waals surface area contributed by atoms with Gasteiger partial charge in [-0.1, -0.05) is 29.8 Å². The maximum Gasteiger partial charge on any atom is 0.215 e. The summed E-state index contributed by atoms with van der Waals surface area (Å²) in [6.45, 7) is 2.63. The molecule has 2 heterocycles. The van der Waals surface area contributed by atoms with Crippen molar-refractivity contribution in [2.24, 2.45) is 0 Å². The molecule has 0 aliphatic rings. The van der Waals surface area contributed by atoms with E-state index in [4.69, 9.17) is 0 Å². The first-order valence-electron chi connectivity index (χ1n) is 8.26. The van der Waals surface area contributed by atoms with Gasteiger partial charge in [0.15, 0.2) is 5.82 Å². The first kappa shape index (κ1) is 18.1. The average Bonchev–Trinajstić information content (AvgIpc) is 3.13. The molecular formula is C18H21N5O2S. The minimum absolute atomic E-state index is 0.0277. The molecular weight excluding hydrogens is 350 g/mol. The first-order chi connectivity index (χ1) is 12.5. The fraction of sp³-hybridized carbons (Fsp3) is 0.222. The van der Waals surface area contributed by atoms with Gasteiger partial charge in [0.05, 0.1) is 5.75 Å². The van der Waals surface area contributed by atoms with Crippen LogP contribution in [0.25, 0.3) is 5.82 Å². The van der Waals surface area contributed by atoms with Gasteiger partial charge < -0.3 is 9.88 Å². The second kappa shape index (κ2) is 8.11. The van der Waals surface area contributed by atoms with E-state index in [-0.39, 0.29) is 12.3 Å². The Kier molecular flexibility index (Phi) is 5.65. The molecule has 0 amide bonds. The van der Waals surface area contributed by atoms with E-state index >= 15 is 0 Å². The van der Waals surface area contributed by atoms with Gasteiger partial charge in [-0.05, 0) is 36.8 Å². The van der Waals surface area contributed by atoms with Crippen LogP contribution in [0.1, 0.15) is 11.1 Å².